The molecule has 0 aliphatic heterocycles. The molecule has 0 aliphatic carbocycles. The Balaban J connectivity index is 1.95. The minimum absolute atomic E-state index is 0.160. The molecular formula is C19H19F3N2O5. The maximum atomic E-state index is 12.6. The molecule has 0 fully saturated rings. The lowest BCUT2D eigenvalue weighted by Crippen LogP contribution is -2.37. The van der Waals surface area contributed by atoms with Crippen LogP contribution in [0.4, 0.5) is 18.9 Å². The van der Waals surface area contributed by atoms with Crippen molar-refractivity contribution < 1.29 is 37.3 Å². The summed E-state index contributed by atoms with van der Waals surface area (Å²) in [5.41, 5.74) is -0.493. The third-order valence-electron chi connectivity index (χ3n) is 3.94. The van der Waals surface area contributed by atoms with Crippen molar-refractivity contribution in [1.82, 2.24) is 5.32 Å². The summed E-state index contributed by atoms with van der Waals surface area (Å²) in [7, 11) is 2.82. The molecule has 0 saturated heterocycles. The normalized spacial score (nSPS) is 12.1. The van der Waals surface area contributed by atoms with Crippen LogP contribution in [-0.2, 0) is 15.8 Å². The number of benzene rings is 2. The van der Waals surface area contributed by atoms with Crippen LogP contribution in [0.1, 0.15) is 17.2 Å². The number of anilines is 1. The molecule has 1 atom stereocenters. The van der Waals surface area contributed by atoms with Crippen molar-refractivity contribution in [2.24, 2.45) is 0 Å². The monoisotopic (exact) mass is 412 g/mol. The number of rotatable bonds is 6. The Bertz CT molecular complexity index is 869. The highest BCUT2D eigenvalue weighted by Gasteiger charge is 2.30. The molecule has 7 nitrogen and oxygen atoms in total. The molecule has 0 spiro atoms. The van der Waals surface area contributed by atoms with Crippen LogP contribution in [-0.4, -0.2) is 37.7 Å². The number of alkyl halides is 3. The second-order valence-electron chi connectivity index (χ2n) is 5.87. The molecule has 0 aromatic heterocycles. The lowest BCUT2D eigenvalue weighted by atomic mass is 10.1. The van der Waals surface area contributed by atoms with Gasteiger partial charge in [-0.3, -0.25) is 9.59 Å². The van der Waals surface area contributed by atoms with Crippen molar-refractivity contribution in [2.45, 2.75) is 12.3 Å². The molecule has 0 aliphatic rings. The van der Waals surface area contributed by atoms with Gasteiger partial charge in [-0.25, -0.2) is 0 Å². The summed E-state index contributed by atoms with van der Waals surface area (Å²) in [6.07, 6.45) is -5.78. The molecule has 10 heteroatoms. The number of hydrogen-bond acceptors (Lipinski definition) is 5. The molecule has 2 rings (SSSR count). The summed E-state index contributed by atoms with van der Waals surface area (Å²) < 4.78 is 47.8. The van der Waals surface area contributed by atoms with E-state index in [1.54, 1.807) is 12.1 Å². The van der Waals surface area contributed by atoms with Gasteiger partial charge >= 0.3 is 18.0 Å². The van der Waals surface area contributed by atoms with Gasteiger partial charge in [0.2, 0.25) is 0 Å². The largest absolute Gasteiger partial charge is 0.497 e. The third kappa shape index (κ3) is 5.85. The summed E-state index contributed by atoms with van der Waals surface area (Å²) in [5.74, 6) is -1.33. The van der Waals surface area contributed by atoms with Crippen molar-refractivity contribution in [3.05, 3.63) is 53.6 Å². The molecule has 0 radical (unpaired) electrons. The van der Waals surface area contributed by atoms with Crippen molar-refractivity contribution in [1.29, 1.82) is 0 Å². The lowest BCUT2D eigenvalue weighted by molar-refractivity contribution is -0.137. The third-order valence-corrected chi connectivity index (χ3v) is 3.94. The average Bonchev–Trinajstić information content (AvgIpc) is 2.70. The zero-order valence-corrected chi connectivity index (χ0v) is 15.5. The molecular weight excluding hydrogens is 393 g/mol. The molecule has 0 bridgehead atoms. The predicted octanol–water partition coefficient (Wildman–Crippen LogP) is 2.51. The molecule has 0 heterocycles. The molecule has 2 aromatic rings. The number of nitrogens with one attached hydrogen (secondary N) is 2. The van der Waals surface area contributed by atoms with Crippen LogP contribution in [0, 0.1) is 0 Å². The fourth-order valence-corrected chi connectivity index (χ4v) is 2.37. The van der Waals surface area contributed by atoms with Gasteiger partial charge < -0.3 is 25.2 Å². The van der Waals surface area contributed by atoms with Gasteiger partial charge in [0.25, 0.3) is 0 Å². The Morgan fingerprint density at radius 1 is 1.03 bits per heavy atom. The fourth-order valence-electron chi connectivity index (χ4n) is 2.37. The molecule has 156 valence electrons. The highest BCUT2D eigenvalue weighted by molar-refractivity contribution is 6.39. The van der Waals surface area contributed by atoms with E-state index < -0.39 is 29.7 Å². The van der Waals surface area contributed by atoms with Gasteiger partial charge in [0.1, 0.15) is 11.5 Å². The second kappa shape index (κ2) is 9.28. The van der Waals surface area contributed by atoms with Gasteiger partial charge in [-0.1, -0.05) is 12.1 Å². The van der Waals surface area contributed by atoms with E-state index in [2.05, 4.69) is 10.6 Å². The van der Waals surface area contributed by atoms with E-state index in [1.807, 2.05) is 0 Å². The number of aliphatic hydroxyl groups is 1. The second-order valence-corrected chi connectivity index (χ2v) is 5.87. The van der Waals surface area contributed by atoms with E-state index in [1.165, 1.54) is 20.3 Å². The van der Waals surface area contributed by atoms with E-state index in [0.29, 0.717) is 11.5 Å². The lowest BCUT2D eigenvalue weighted by Gasteiger charge is -2.14. The topological polar surface area (TPSA) is 96.9 Å². The Morgan fingerprint density at radius 2 is 1.69 bits per heavy atom. The number of ether oxygens (including phenoxy) is 2. The van der Waals surface area contributed by atoms with Crippen LogP contribution < -0.4 is 20.1 Å². The van der Waals surface area contributed by atoms with E-state index in [0.717, 1.165) is 24.3 Å². The summed E-state index contributed by atoms with van der Waals surface area (Å²) in [5, 5.41) is 14.6. The Morgan fingerprint density at radius 3 is 2.24 bits per heavy atom. The summed E-state index contributed by atoms with van der Waals surface area (Å²) >= 11 is 0. The number of hydrogen-bond donors (Lipinski definition) is 3. The van der Waals surface area contributed by atoms with Crippen molar-refractivity contribution >= 4 is 17.5 Å². The molecule has 3 N–H and O–H groups in total. The van der Waals surface area contributed by atoms with Gasteiger partial charge in [0.05, 0.1) is 31.6 Å². The van der Waals surface area contributed by atoms with Crippen molar-refractivity contribution in [3.63, 3.8) is 0 Å². The number of halogens is 3. The first-order valence-electron chi connectivity index (χ1n) is 8.32. The van der Waals surface area contributed by atoms with Gasteiger partial charge in [0.15, 0.2) is 0 Å². The molecule has 1 unspecified atom stereocenters. The molecule has 2 aromatic carbocycles. The Labute approximate surface area is 164 Å². The van der Waals surface area contributed by atoms with E-state index in [9.17, 15) is 27.9 Å². The number of aliphatic hydroxyl groups excluding tert-OH is 1. The highest BCUT2D eigenvalue weighted by Crippen LogP contribution is 2.30. The van der Waals surface area contributed by atoms with Crippen LogP contribution >= 0.6 is 0 Å². The Kier molecular flexibility index (Phi) is 7.05. The van der Waals surface area contributed by atoms with E-state index in [-0.39, 0.29) is 17.8 Å². The maximum Gasteiger partial charge on any atom is 0.416 e. The number of methoxy groups -OCH3 is 2. The van der Waals surface area contributed by atoms with Crippen LogP contribution in [0.2, 0.25) is 0 Å². The van der Waals surface area contributed by atoms with E-state index in [4.69, 9.17) is 9.47 Å². The van der Waals surface area contributed by atoms with Gasteiger partial charge in [-0.15, -0.1) is 0 Å². The summed E-state index contributed by atoms with van der Waals surface area (Å²) in [6, 6.07) is 8.45. The summed E-state index contributed by atoms with van der Waals surface area (Å²) in [6.45, 7) is -0.368. The molecule has 0 saturated carbocycles. The SMILES string of the molecule is COc1ccc(OC)c(NC(=O)C(=O)NCC(O)c2ccc(C(F)(F)F)cc2)c1. The van der Waals surface area contributed by atoms with Gasteiger partial charge in [0, 0.05) is 12.6 Å². The minimum atomic E-state index is -4.49. The number of amides is 2. The van der Waals surface area contributed by atoms with Gasteiger partial charge in [-0.2, -0.15) is 13.2 Å². The number of carbonyl (C=O) groups is 2. The zero-order chi connectivity index (χ0) is 21.6. The standard InChI is InChI=1S/C19H19F3N2O5/c1-28-13-7-8-16(29-2)14(9-13)24-18(27)17(26)23-10-15(25)11-3-5-12(6-4-11)19(20,21)22/h3-9,15,25H,10H2,1-2H3,(H,23,26)(H,24,27). The Hall–Kier alpha value is -3.27. The van der Waals surface area contributed by atoms with Crippen LogP contribution in [0.3, 0.4) is 0 Å². The van der Waals surface area contributed by atoms with Crippen molar-refractivity contribution in [2.75, 3.05) is 26.1 Å². The number of carbonyl (C=O) groups excluding carboxylic acids is 2. The quantitative estimate of drug-likeness (QED) is 0.634. The highest BCUT2D eigenvalue weighted by atomic mass is 19.4. The van der Waals surface area contributed by atoms with E-state index >= 15 is 0 Å². The van der Waals surface area contributed by atoms with Crippen molar-refractivity contribution in [3.8, 4) is 11.5 Å². The summed E-state index contributed by atoms with van der Waals surface area (Å²) in [4.78, 5) is 24.0. The van der Waals surface area contributed by atoms with Crippen LogP contribution in [0.15, 0.2) is 42.5 Å². The average molecular weight is 412 g/mol. The van der Waals surface area contributed by atoms with Gasteiger partial charge in [-0.05, 0) is 29.8 Å². The first-order chi connectivity index (χ1) is 13.7. The minimum Gasteiger partial charge on any atom is -0.497 e. The van der Waals surface area contributed by atoms with Crippen LogP contribution in [0.25, 0.3) is 0 Å². The maximum absolute atomic E-state index is 12.6. The first-order valence-corrected chi connectivity index (χ1v) is 8.32. The molecule has 29 heavy (non-hydrogen) atoms. The smallest absolute Gasteiger partial charge is 0.416 e. The zero-order valence-electron chi connectivity index (χ0n) is 15.5. The molecule has 2 amide bonds. The predicted molar refractivity (Wildman–Crippen MR) is 97.6 cm³/mol. The fraction of sp³-hybridized carbons (Fsp3) is 0.263. The first kappa shape index (κ1) is 22.0. The van der Waals surface area contributed by atoms with Crippen LogP contribution in [0.5, 0.6) is 11.5 Å².